The van der Waals surface area contributed by atoms with Gasteiger partial charge in [-0.2, -0.15) is 0 Å². The Bertz CT molecular complexity index is 262. The molecule has 0 unspecified atom stereocenters. The Hall–Kier alpha value is -0.380. The first-order chi connectivity index (χ1) is 6.97. The van der Waals surface area contributed by atoms with Gasteiger partial charge in [-0.25, -0.2) is 0 Å². The minimum absolute atomic E-state index is 0.0445. The van der Waals surface area contributed by atoms with Crippen molar-refractivity contribution >= 4 is 11.3 Å². The average molecular weight is 226 g/mol. The van der Waals surface area contributed by atoms with Crippen molar-refractivity contribution in [1.29, 1.82) is 0 Å². The lowest BCUT2D eigenvalue weighted by molar-refractivity contribution is 0.299. The molecule has 1 heterocycles. The zero-order valence-electron chi connectivity index (χ0n) is 9.99. The second-order valence-electron chi connectivity index (χ2n) is 4.87. The van der Waals surface area contributed by atoms with Gasteiger partial charge in [-0.1, -0.05) is 6.07 Å². The van der Waals surface area contributed by atoms with Crippen LogP contribution in [-0.4, -0.2) is 30.6 Å². The average Bonchev–Trinajstić information content (AvgIpc) is 2.62. The van der Waals surface area contributed by atoms with Crippen LogP contribution in [-0.2, 0) is 6.42 Å². The van der Waals surface area contributed by atoms with Crippen molar-refractivity contribution in [3.63, 3.8) is 0 Å². The molecule has 0 aromatic carbocycles. The summed E-state index contributed by atoms with van der Waals surface area (Å²) in [5.41, 5.74) is 5.91. The lowest BCUT2D eigenvalue weighted by atomic mass is 10.0. The SMILES string of the molecule is CN(CCc1cccs1)CCC(C)(C)N. The monoisotopic (exact) mass is 226 g/mol. The molecule has 1 rings (SSSR count). The maximum absolute atomic E-state index is 5.95. The van der Waals surface area contributed by atoms with E-state index in [0.29, 0.717) is 0 Å². The van der Waals surface area contributed by atoms with Gasteiger partial charge in [-0.15, -0.1) is 11.3 Å². The van der Waals surface area contributed by atoms with Gasteiger partial charge in [-0.05, 0) is 51.7 Å². The summed E-state index contributed by atoms with van der Waals surface area (Å²) >= 11 is 1.84. The second-order valence-corrected chi connectivity index (χ2v) is 5.90. The molecule has 0 saturated heterocycles. The number of thiophene rings is 1. The van der Waals surface area contributed by atoms with Gasteiger partial charge < -0.3 is 10.6 Å². The quantitative estimate of drug-likeness (QED) is 0.807. The molecular weight excluding hydrogens is 204 g/mol. The van der Waals surface area contributed by atoms with E-state index in [9.17, 15) is 0 Å². The molecule has 0 atom stereocenters. The van der Waals surface area contributed by atoms with E-state index >= 15 is 0 Å². The third-order valence-electron chi connectivity index (χ3n) is 2.46. The van der Waals surface area contributed by atoms with E-state index in [-0.39, 0.29) is 5.54 Å². The number of likely N-dealkylation sites (N-methyl/N-ethyl adjacent to an activating group) is 1. The molecule has 0 fully saturated rings. The molecule has 0 spiro atoms. The molecule has 0 aliphatic rings. The van der Waals surface area contributed by atoms with Gasteiger partial charge in [-0.3, -0.25) is 0 Å². The fourth-order valence-electron chi connectivity index (χ4n) is 1.35. The van der Waals surface area contributed by atoms with Crippen molar-refractivity contribution in [3.05, 3.63) is 22.4 Å². The Morgan fingerprint density at radius 1 is 1.40 bits per heavy atom. The number of hydrogen-bond donors (Lipinski definition) is 1. The number of rotatable bonds is 6. The van der Waals surface area contributed by atoms with Gasteiger partial charge in [0.05, 0.1) is 0 Å². The summed E-state index contributed by atoms with van der Waals surface area (Å²) in [6.45, 7) is 6.37. The summed E-state index contributed by atoms with van der Waals surface area (Å²) < 4.78 is 0. The number of nitrogens with zero attached hydrogens (tertiary/aromatic N) is 1. The summed E-state index contributed by atoms with van der Waals surface area (Å²) in [6, 6.07) is 4.31. The smallest absolute Gasteiger partial charge is 0.0109 e. The van der Waals surface area contributed by atoms with Crippen molar-refractivity contribution in [2.24, 2.45) is 5.73 Å². The summed E-state index contributed by atoms with van der Waals surface area (Å²) in [5, 5.41) is 2.14. The van der Waals surface area contributed by atoms with Gasteiger partial charge in [0.1, 0.15) is 0 Å². The Morgan fingerprint density at radius 2 is 2.13 bits per heavy atom. The normalized spacial score (nSPS) is 12.3. The Labute approximate surface area is 97.1 Å². The van der Waals surface area contributed by atoms with Crippen molar-refractivity contribution < 1.29 is 0 Å². The molecule has 0 radical (unpaired) electrons. The first-order valence-corrected chi connectivity index (χ1v) is 6.35. The summed E-state index contributed by atoms with van der Waals surface area (Å²) in [6.07, 6.45) is 2.20. The molecule has 0 saturated carbocycles. The first-order valence-electron chi connectivity index (χ1n) is 5.47. The highest BCUT2D eigenvalue weighted by Crippen LogP contribution is 2.10. The molecular formula is C12H22N2S. The van der Waals surface area contributed by atoms with Crippen molar-refractivity contribution in [2.45, 2.75) is 32.2 Å². The maximum Gasteiger partial charge on any atom is 0.0109 e. The maximum atomic E-state index is 5.95. The second kappa shape index (κ2) is 5.64. The van der Waals surface area contributed by atoms with E-state index in [0.717, 1.165) is 25.9 Å². The fraction of sp³-hybridized carbons (Fsp3) is 0.667. The Morgan fingerprint density at radius 3 is 2.67 bits per heavy atom. The highest BCUT2D eigenvalue weighted by atomic mass is 32.1. The minimum atomic E-state index is -0.0445. The Kier molecular flexibility index (Phi) is 4.77. The molecule has 1 aromatic heterocycles. The van der Waals surface area contributed by atoms with E-state index in [1.54, 1.807) is 0 Å². The van der Waals surface area contributed by atoms with Crippen LogP contribution in [0.5, 0.6) is 0 Å². The van der Waals surface area contributed by atoms with Crippen LogP contribution in [0.2, 0.25) is 0 Å². The molecule has 3 heteroatoms. The van der Waals surface area contributed by atoms with Crippen LogP contribution in [0.25, 0.3) is 0 Å². The third-order valence-corrected chi connectivity index (χ3v) is 3.39. The van der Waals surface area contributed by atoms with Crippen LogP contribution < -0.4 is 5.73 Å². The van der Waals surface area contributed by atoms with Crippen molar-refractivity contribution in [2.75, 3.05) is 20.1 Å². The molecule has 0 aliphatic heterocycles. The zero-order valence-corrected chi connectivity index (χ0v) is 10.8. The predicted molar refractivity (Wildman–Crippen MR) is 68.4 cm³/mol. The summed E-state index contributed by atoms with van der Waals surface area (Å²) in [7, 11) is 2.17. The minimum Gasteiger partial charge on any atom is -0.326 e. The van der Waals surface area contributed by atoms with Crippen LogP contribution in [0.4, 0.5) is 0 Å². The molecule has 2 N–H and O–H groups in total. The van der Waals surface area contributed by atoms with Crippen LogP contribution in [0.15, 0.2) is 17.5 Å². The highest BCUT2D eigenvalue weighted by molar-refractivity contribution is 7.09. The largest absolute Gasteiger partial charge is 0.326 e. The van der Waals surface area contributed by atoms with Gasteiger partial charge >= 0.3 is 0 Å². The molecule has 86 valence electrons. The molecule has 0 amide bonds. The molecule has 1 aromatic rings. The van der Waals surface area contributed by atoms with Gasteiger partial charge in [0.25, 0.3) is 0 Å². The predicted octanol–water partition coefficient (Wildman–Crippen LogP) is 2.35. The molecule has 0 bridgehead atoms. The summed E-state index contributed by atoms with van der Waals surface area (Å²) in [4.78, 5) is 3.82. The number of hydrogen-bond acceptors (Lipinski definition) is 3. The van der Waals surface area contributed by atoms with Crippen molar-refractivity contribution in [1.82, 2.24) is 4.90 Å². The van der Waals surface area contributed by atoms with Gasteiger partial charge in [0, 0.05) is 17.0 Å². The fourth-order valence-corrected chi connectivity index (χ4v) is 2.04. The van der Waals surface area contributed by atoms with E-state index in [4.69, 9.17) is 5.73 Å². The van der Waals surface area contributed by atoms with Gasteiger partial charge in [0.2, 0.25) is 0 Å². The van der Waals surface area contributed by atoms with E-state index in [1.165, 1.54) is 4.88 Å². The lowest BCUT2D eigenvalue weighted by Gasteiger charge is -2.23. The molecule has 15 heavy (non-hydrogen) atoms. The van der Waals surface area contributed by atoms with Crippen molar-refractivity contribution in [3.8, 4) is 0 Å². The van der Waals surface area contributed by atoms with E-state index in [1.807, 2.05) is 11.3 Å². The summed E-state index contributed by atoms with van der Waals surface area (Å²) in [5.74, 6) is 0. The first kappa shape index (κ1) is 12.7. The highest BCUT2D eigenvalue weighted by Gasteiger charge is 2.11. The molecule has 0 aliphatic carbocycles. The standard InChI is InChI=1S/C12H22N2S/c1-12(2,13)7-9-14(3)8-6-11-5-4-10-15-11/h4-5,10H,6-9,13H2,1-3H3. The Balaban J connectivity index is 2.16. The number of nitrogens with two attached hydrogens (primary N) is 1. The topological polar surface area (TPSA) is 29.3 Å². The van der Waals surface area contributed by atoms with E-state index < -0.39 is 0 Å². The third kappa shape index (κ3) is 5.92. The van der Waals surface area contributed by atoms with Crippen LogP contribution >= 0.6 is 11.3 Å². The van der Waals surface area contributed by atoms with Crippen LogP contribution in [0, 0.1) is 0 Å². The lowest BCUT2D eigenvalue weighted by Crippen LogP contribution is -2.36. The van der Waals surface area contributed by atoms with Gasteiger partial charge in [0.15, 0.2) is 0 Å². The van der Waals surface area contributed by atoms with E-state index in [2.05, 4.69) is 43.3 Å². The van der Waals surface area contributed by atoms with Crippen LogP contribution in [0.1, 0.15) is 25.1 Å². The van der Waals surface area contributed by atoms with Crippen LogP contribution in [0.3, 0.4) is 0 Å². The molecule has 2 nitrogen and oxygen atoms in total. The zero-order chi connectivity index (χ0) is 11.3.